The van der Waals surface area contributed by atoms with E-state index in [1.165, 1.54) is 16.2 Å². The van der Waals surface area contributed by atoms with Crippen LogP contribution in [-0.2, 0) is 14.4 Å². The van der Waals surface area contributed by atoms with Crippen molar-refractivity contribution in [3.8, 4) is 11.4 Å². The maximum absolute atomic E-state index is 13.4. The molecule has 0 bridgehead atoms. The van der Waals surface area contributed by atoms with Crippen molar-refractivity contribution in [2.45, 2.75) is 18.8 Å². The molecule has 1 N–H and O–H groups in total. The second-order valence-corrected chi connectivity index (χ2v) is 9.34. The van der Waals surface area contributed by atoms with Gasteiger partial charge in [0, 0.05) is 29.2 Å². The van der Waals surface area contributed by atoms with E-state index >= 15 is 0 Å². The van der Waals surface area contributed by atoms with Gasteiger partial charge in [0.1, 0.15) is 11.6 Å². The molecule has 3 unspecified atom stereocenters. The van der Waals surface area contributed by atoms with Gasteiger partial charge in [0.25, 0.3) is 0 Å². The van der Waals surface area contributed by atoms with Crippen molar-refractivity contribution in [2.75, 3.05) is 4.90 Å². The van der Waals surface area contributed by atoms with Crippen molar-refractivity contribution in [1.29, 1.82) is 0 Å². The molecule has 3 atom stereocenters. The number of benzene rings is 2. The van der Waals surface area contributed by atoms with E-state index in [-0.39, 0.29) is 29.9 Å². The Morgan fingerprint density at radius 3 is 2.41 bits per heavy atom. The molecule has 1 aliphatic carbocycles. The smallest absolute Gasteiger partial charge is 0.238 e. The number of rotatable bonds is 3. The first-order valence-corrected chi connectivity index (χ1v) is 11.5. The number of ketones is 1. The van der Waals surface area contributed by atoms with Crippen molar-refractivity contribution in [1.82, 2.24) is 9.97 Å². The van der Waals surface area contributed by atoms with Crippen LogP contribution in [0.2, 0.25) is 0 Å². The van der Waals surface area contributed by atoms with Crippen molar-refractivity contribution < 1.29 is 14.4 Å². The number of fused-ring (bicyclic) bond motifs is 2. The molecule has 2 aromatic carbocycles. The Bertz CT molecular complexity index is 1320. The summed E-state index contributed by atoms with van der Waals surface area (Å²) in [7, 11) is 0. The van der Waals surface area contributed by atoms with Crippen LogP contribution in [0.3, 0.4) is 0 Å². The Labute approximate surface area is 187 Å². The third kappa shape index (κ3) is 2.92. The zero-order chi connectivity index (χ0) is 21.8. The zero-order valence-corrected chi connectivity index (χ0v) is 17.8. The van der Waals surface area contributed by atoms with Gasteiger partial charge in [-0.25, -0.2) is 4.98 Å². The van der Waals surface area contributed by atoms with Crippen LogP contribution in [0.1, 0.15) is 23.6 Å². The van der Waals surface area contributed by atoms with Crippen molar-refractivity contribution in [2.24, 2.45) is 11.8 Å². The number of nitrogens with one attached hydrogen (secondary N) is 1. The standard InChI is InChI=1S/C25H19N3O3S/c29-16-12-17(21-6-3-11-32-21)22-18(13-16)24(30)28(25(22)31)15-9-7-14(8-10-15)23-26-19-4-1-2-5-20(19)27-23/h1-11,17-18,22H,12-13H2,(H,26,27). The lowest BCUT2D eigenvalue weighted by Crippen LogP contribution is -2.33. The lowest BCUT2D eigenvalue weighted by molar-refractivity contribution is -0.130. The van der Waals surface area contributed by atoms with Crippen molar-refractivity contribution >= 4 is 45.7 Å². The highest BCUT2D eigenvalue weighted by Crippen LogP contribution is 2.47. The van der Waals surface area contributed by atoms with Crippen LogP contribution in [0.15, 0.2) is 66.0 Å². The van der Waals surface area contributed by atoms with Crippen LogP contribution in [-0.4, -0.2) is 27.6 Å². The molecule has 3 heterocycles. The Morgan fingerprint density at radius 2 is 1.66 bits per heavy atom. The molecule has 158 valence electrons. The highest BCUT2D eigenvalue weighted by Gasteiger charge is 2.55. The molecule has 2 amide bonds. The van der Waals surface area contributed by atoms with Gasteiger partial charge >= 0.3 is 0 Å². The van der Waals surface area contributed by atoms with Crippen LogP contribution in [0.5, 0.6) is 0 Å². The molecule has 7 heteroatoms. The molecule has 1 saturated carbocycles. The molecule has 6 rings (SSSR count). The number of imide groups is 1. The first-order chi connectivity index (χ1) is 15.6. The van der Waals surface area contributed by atoms with Gasteiger partial charge < -0.3 is 4.98 Å². The Kier molecular flexibility index (Phi) is 4.33. The van der Waals surface area contributed by atoms with Crippen LogP contribution >= 0.6 is 11.3 Å². The minimum Gasteiger partial charge on any atom is -0.338 e. The summed E-state index contributed by atoms with van der Waals surface area (Å²) in [5.74, 6) is -0.979. The van der Waals surface area contributed by atoms with E-state index in [9.17, 15) is 14.4 Å². The van der Waals surface area contributed by atoms with Gasteiger partial charge in [0.2, 0.25) is 11.8 Å². The number of carbonyl (C=O) groups is 3. The minimum atomic E-state index is -0.578. The molecule has 0 spiro atoms. The maximum atomic E-state index is 13.4. The van der Waals surface area contributed by atoms with E-state index in [1.54, 1.807) is 12.1 Å². The van der Waals surface area contributed by atoms with Crippen molar-refractivity contribution in [3.05, 3.63) is 70.9 Å². The summed E-state index contributed by atoms with van der Waals surface area (Å²) in [6.45, 7) is 0. The maximum Gasteiger partial charge on any atom is 0.238 e. The molecule has 2 aromatic heterocycles. The van der Waals surface area contributed by atoms with Gasteiger partial charge in [-0.2, -0.15) is 0 Å². The summed E-state index contributed by atoms with van der Waals surface area (Å²) in [5, 5.41) is 1.94. The number of nitrogens with zero attached hydrogens (tertiary/aromatic N) is 2. The summed E-state index contributed by atoms with van der Waals surface area (Å²) in [6.07, 6.45) is 0.463. The fourth-order valence-electron chi connectivity index (χ4n) is 5.01. The molecule has 1 aliphatic heterocycles. The summed E-state index contributed by atoms with van der Waals surface area (Å²) >= 11 is 1.54. The summed E-state index contributed by atoms with van der Waals surface area (Å²) in [5.41, 5.74) is 3.23. The van der Waals surface area contributed by atoms with Gasteiger partial charge in [-0.15, -0.1) is 11.3 Å². The molecule has 2 aliphatic rings. The van der Waals surface area contributed by atoms with E-state index in [1.807, 2.05) is 53.9 Å². The number of thiophene rings is 1. The molecule has 2 fully saturated rings. The Hall–Kier alpha value is -3.58. The minimum absolute atomic E-state index is 0.0490. The molecule has 6 nitrogen and oxygen atoms in total. The summed E-state index contributed by atoms with van der Waals surface area (Å²) in [4.78, 5) is 49.2. The van der Waals surface area contributed by atoms with E-state index in [0.717, 1.165) is 27.3 Å². The number of para-hydroxylation sites is 2. The first kappa shape index (κ1) is 19.1. The molecule has 0 radical (unpaired) electrons. The molecular formula is C25H19N3O3S. The molecule has 1 saturated heterocycles. The van der Waals surface area contributed by atoms with Gasteiger partial charge in [-0.05, 0) is 47.8 Å². The van der Waals surface area contributed by atoms with Gasteiger partial charge in [0.15, 0.2) is 0 Å². The fraction of sp³-hybridized carbons (Fsp3) is 0.200. The van der Waals surface area contributed by atoms with Crippen molar-refractivity contribution in [3.63, 3.8) is 0 Å². The fourth-order valence-corrected chi connectivity index (χ4v) is 5.89. The van der Waals surface area contributed by atoms with E-state index < -0.39 is 11.8 Å². The highest BCUT2D eigenvalue weighted by atomic mass is 32.1. The number of anilines is 1. The average Bonchev–Trinajstić information content (AvgIpc) is 3.53. The molecule has 4 aromatic rings. The second-order valence-electron chi connectivity index (χ2n) is 8.36. The van der Waals surface area contributed by atoms with Gasteiger partial charge in [0.05, 0.1) is 28.6 Å². The predicted molar refractivity (Wildman–Crippen MR) is 122 cm³/mol. The zero-order valence-electron chi connectivity index (χ0n) is 17.0. The number of hydrogen-bond acceptors (Lipinski definition) is 5. The topological polar surface area (TPSA) is 83.1 Å². The van der Waals surface area contributed by atoms with E-state index in [2.05, 4.69) is 9.97 Å². The quantitative estimate of drug-likeness (QED) is 0.473. The van der Waals surface area contributed by atoms with Crippen LogP contribution < -0.4 is 4.90 Å². The number of hydrogen-bond donors (Lipinski definition) is 1. The Balaban J connectivity index is 1.33. The third-order valence-corrected chi connectivity index (χ3v) is 7.51. The number of carbonyl (C=O) groups excluding carboxylic acids is 3. The number of Topliss-reactive ketones (excluding diaryl/α,β-unsaturated/α-hetero) is 1. The van der Waals surface area contributed by atoms with Crippen LogP contribution in [0, 0.1) is 11.8 Å². The van der Waals surface area contributed by atoms with E-state index in [0.29, 0.717) is 12.1 Å². The predicted octanol–water partition coefficient (Wildman–Crippen LogP) is 4.54. The normalized spacial score (nSPS) is 23.2. The summed E-state index contributed by atoms with van der Waals surface area (Å²) in [6, 6.07) is 18.9. The number of aromatic nitrogens is 2. The van der Waals surface area contributed by atoms with E-state index in [4.69, 9.17) is 0 Å². The highest BCUT2D eigenvalue weighted by molar-refractivity contribution is 7.10. The van der Waals surface area contributed by atoms with Crippen LogP contribution in [0.4, 0.5) is 5.69 Å². The number of H-pyrrole nitrogens is 1. The number of amides is 2. The summed E-state index contributed by atoms with van der Waals surface area (Å²) < 4.78 is 0. The number of aromatic amines is 1. The molecule has 32 heavy (non-hydrogen) atoms. The lowest BCUT2D eigenvalue weighted by Gasteiger charge is -2.28. The number of imidazole rings is 1. The average molecular weight is 442 g/mol. The Morgan fingerprint density at radius 1 is 0.875 bits per heavy atom. The third-order valence-electron chi connectivity index (χ3n) is 6.50. The SMILES string of the molecule is O=C1CC2C(=O)N(c3ccc(-c4nc5ccccc5[nH]4)cc3)C(=O)C2C(c2cccs2)C1. The largest absolute Gasteiger partial charge is 0.338 e. The first-order valence-electron chi connectivity index (χ1n) is 10.6. The monoisotopic (exact) mass is 441 g/mol. The lowest BCUT2D eigenvalue weighted by atomic mass is 9.72. The van der Waals surface area contributed by atoms with Gasteiger partial charge in [-0.3, -0.25) is 19.3 Å². The second kappa shape index (κ2) is 7.24. The molecular weight excluding hydrogens is 422 g/mol. The van der Waals surface area contributed by atoms with Crippen LogP contribution in [0.25, 0.3) is 22.4 Å². The van der Waals surface area contributed by atoms with Gasteiger partial charge in [-0.1, -0.05) is 18.2 Å².